The van der Waals surface area contributed by atoms with E-state index in [1.54, 1.807) is 30.0 Å². The molecular formula is C10H12N2O2S. The number of nitrogen functional groups attached to an aromatic ring is 1. The van der Waals surface area contributed by atoms with Gasteiger partial charge in [-0.25, -0.2) is 0 Å². The number of carbonyl (C=O) groups excluding carboxylic acids is 1. The Balaban J connectivity index is 2.24. The van der Waals surface area contributed by atoms with Crippen molar-refractivity contribution in [3.8, 4) is 0 Å². The van der Waals surface area contributed by atoms with E-state index < -0.39 is 5.91 Å². The first-order chi connectivity index (χ1) is 7.16. The van der Waals surface area contributed by atoms with Crippen molar-refractivity contribution in [3.05, 3.63) is 23.8 Å². The molecule has 4 nitrogen and oxygen atoms in total. The molecule has 0 unspecified atom stereocenters. The van der Waals surface area contributed by atoms with Gasteiger partial charge in [0.05, 0.1) is 24.0 Å². The summed E-state index contributed by atoms with van der Waals surface area (Å²) in [5.41, 5.74) is 12.1. The smallest absolute Gasteiger partial charge is 0.249 e. The summed E-state index contributed by atoms with van der Waals surface area (Å²) >= 11 is 1.59. The van der Waals surface area contributed by atoms with Gasteiger partial charge in [0, 0.05) is 10.6 Å². The van der Waals surface area contributed by atoms with Crippen molar-refractivity contribution < 1.29 is 9.53 Å². The monoisotopic (exact) mass is 224 g/mol. The third-order valence-corrected chi connectivity index (χ3v) is 3.37. The Morgan fingerprint density at radius 3 is 2.73 bits per heavy atom. The molecule has 15 heavy (non-hydrogen) atoms. The van der Waals surface area contributed by atoms with Crippen LogP contribution in [0.3, 0.4) is 0 Å². The Hall–Kier alpha value is -1.20. The third-order valence-electron chi connectivity index (χ3n) is 2.17. The molecule has 1 aliphatic heterocycles. The van der Waals surface area contributed by atoms with Gasteiger partial charge in [0.25, 0.3) is 0 Å². The van der Waals surface area contributed by atoms with Crippen LogP contribution in [-0.2, 0) is 4.74 Å². The molecule has 0 bridgehead atoms. The number of amides is 1. The van der Waals surface area contributed by atoms with E-state index in [1.165, 1.54) is 0 Å². The first-order valence-electron chi connectivity index (χ1n) is 4.60. The minimum atomic E-state index is -0.419. The maximum Gasteiger partial charge on any atom is 0.249 e. The second-order valence-corrected chi connectivity index (χ2v) is 4.74. The fraction of sp³-hybridized carbons (Fsp3) is 0.300. The molecule has 1 fully saturated rings. The maximum atomic E-state index is 11.2. The van der Waals surface area contributed by atoms with Crippen molar-refractivity contribution in [1.82, 2.24) is 0 Å². The highest BCUT2D eigenvalue weighted by atomic mass is 32.2. The fourth-order valence-corrected chi connectivity index (χ4v) is 2.49. The summed E-state index contributed by atoms with van der Waals surface area (Å²) in [7, 11) is 0. The predicted octanol–water partition coefficient (Wildman–Crippen LogP) is 0.859. The van der Waals surface area contributed by atoms with Crippen LogP contribution >= 0.6 is 11.8 Å². The molecule has 1 saturated heterocycles. The second kappa shape index (κ2) is 4.12. The average molecular weight is 224 g/mol. The molecule has 5 heteroatoms. The summed E-state index contributed by atoms with van der Waals surface area (Å²) in [6.45, 7) is 1.44. The van der Waals surface area contributed by atoms with Gasteiger partial charge in [0.2, 0.25) is 5.91 Å². The molecule has 1 aromatic rings. The van der Waals surface area contributed by atoms with Crippen molar-refractivity contribution in [2.45, 2.75) is 10.1 Å². The van der Waals surface area contributed by atoms with Gasteiger partial charge < -0.3 is 16.2 Å². The zero-order chi connectivity index (χ0) is 10.8. The lowest BCUT2D eigenvalue weighted by Gasteiger charge is -2.25. The van der Waals surface area contributed by atoms with Gasteiger partial charge in [-0.05, 0) is 18.2 Å². The number of carbonyl (C=O) groups is 1. The molecule has 2 rings (SSSR count). The van der Waals surface area contributed by atoms with Gasteiger partial charge >= 0.3 is 0 Å². The van der Waals surface area contributed by atoms with E-state index in [0.29, 0.717) is 16.5 Å². The summed E-state index contributed by atoms with van der Waals surface area (Å²) in [4.78, 5) is 12.0. The lowest BCUT2D eigenvalue weighted by atomic mass is 10.2. The maximum absolute atomic E-state index is 11.2. The molecule has 0 aliphatic carbocycles. The van der Waals surface area contributed by atoms with E-state index >= 15 is 0 Å². The van der Waals surface area contributed by atoms with Crippen LogP contribution in [0.15, 0.2) is 23.1 Å². The van der Waals surface area contributed by atoms with Crippen LogP contribution in [0.2, 0.25) is 0 Å². The first-order valence-corrected chi connectivity index (χ1v) is 5.48. The zero-order valence-corrected chi connectivity index (χ0v) is 8.92. The second-order valence-electron chi connectivity index (χ2n) is 3.40. The zero-order valence-electron chi connectivity index (χ0n) is 8.10. The molecule has 4 N–H and O–H groups in total. The van der Waals surface area contributed by atoms with E-state index in [1.807, 2.05) is 0 Å². The van der Waals surface area contributed by atoms with E-state index in [9.17, 15) is 4.79 Å². The minimum absolute atomic E-state index is 0.407. The number of hydrogen-bond donors (Lipinski definition) is 2. The van der Waals surface area contributed by atoms with Crippen molar-refractivity contribution in [1.29, 1.82) is 0 Å². The Labute approximate surface area is 92.0 Å². The SMILES string of the molecule is NC(=O)c1ccc(N)cc1SC1COC1. The summed E-state index contributed by atoms with van der Waals surface area (Å²) in [6.07, 6.45) is 0. The van der Waals surface area contributed by atoms with Crippen molar-refractivity contribution in [3.63, 3.8) is 0 Å². The Morgan fingerprint density at radius 2 is 2.20 bits per heavy atom. The first kappa shape index (κ1) is 10.3. The lowest BCUT2D eigenvalue weighted by molar-refractivity contribution is 0.0455. The predicted molar refractivity (Wildman–Crippen MR) is 59.8 cm³/mol. The molecule has 1 heterocycles. The molecule has 0 atom stereocenters. The van der Waals surface area contributed by atoms with E-state index in [2.05, 4.69) is 0 Å². The quantitative estimate of drug-likeness (QED) is 0.746. The highest BCUT2D eigenvalue weighted by Gasteiger charge is 2.21. The Bertz CT molecular complexity index is 391. The number of hydrogen-bond acceptors (Lipinski definition) is 4. The number of rotatable bonds is 3. The highest BCUT2D eigenvalue weighted by molar-refractivity contribution is 8.00. The van der Waals surface area contributed by atoms with Gasteiger partial charge in [-0.15, -0.1) is 11.8 Å². The normalized spacial score (nSPS) is 16.0. The summed E-state index contributed by atoms with van der Waals surface area (Å²) in [5, 5.41) is 0.407. The lowest BCUT2D eigenvalue weighted by Crippen LogP contribution is -2.30. The van der Waals surface area contributed by atoms with E-state index in [0.717, 1.165) is 18.1 Å². The highest BCUT2D eigenvalue weighted by Crippen LogP contribution is 2.31. The van der Waals surface area contributed by atoms with Gasteiger partial charge in [-0.1, -0.05) is 0 Å². The van der Waals surface area contributed by atoms with Crippen LogP contribution in [0.4, 0.5) is 5.69 Å². The number of anilines is 1. The largest absolute Gasteiger partial charge is 0.399 e. The third kappa shape index (κ3) is 2.24. The molecule has 0 spiro atoms. The average Bonchev–Trinajstić information content (AvgIpc) is 2.11. The minimum Gasteiger partial charge on any atom is -0.399 e. The van der Waals surface area contributed by atoms with E-state index in [4.69, 9.17) is 16.2 Å². The topological polar surface area (TPSA) is 78.3 Å². The van der Waals surface area contributed by atoms with Gasteiger partial charge in [-0.3, -0.25) is 4.79 Å². The van der Waals surface area contributed by atoms with Crippen LogP contribution in [-0.4, -0.2) is 24.4 Å². The molecular weight excluding hydrogens is 212 g/mol. The summed E-state index contributed by atoms with van der Waals surface area (Å²) in [5.74, 6) is -0.419. The standard InChI is InChI=1S/C10H12N2O2S/c11-6-1-2-8(10(12)13)9(3-6)15-7-4-14-5-7/h1-3,7H,4-5,11H2,(H2,12,13). The van der Waals surface area contributed by atoms with Crippen molar-refractivity contribution in [2.24, 2.45) is 5.73 Å². The van der Waals surface area contributed by atoms with Crippen LogP contribution in [0.25, 0.3) is 0 Å². The number of benzene rings is 1. The number of thioether (sulfide) groups is 1. The van der Waals surface area contributed by atoms with Gasteiger partial charge in [0.15, 0.2) is 0 Å². The molecule has 0 radical (unpaired) electrons. The van der Waals surface area contributed by atoms with Crippen LogP contribution in [0.1, 0.15) is 10.4 Å². The fourth-order valence-electron chi connectivity index (χ4n) is 1.30. The van der Waals surface area contributed by atoms with E-state index in [-0.39, 0.29) is 0 Å². The van der Waals surface area contributed by atoms with Crippen LogP contribution in [0, 0.1) is 0 Å². The molecule has 80 valence electrons. The van der Waals surface area contributed by atoms with Gasteiger partial charge in [0.1, 0.15) is 0 Å². The molecule has 0 aromatic heterocycles. The number of nitrogens with two attached hydrogens (primary N) is 2. The number of ether oxygens (including phenoxy) is 1. The van der Waals surface area contributed by atoms with Crippen LogP contribution < -0.4 is 11.5 Å². The number of primary amides is 1. The molecule has 1 aromatic carbocycles. The molecule has 1 amide bonds. The molecule has 0 saturated carbocycles. The molecule has 1 aliphatic rings. The Morgan fingerprint density at radius 1 is 1.47 bits per heavy atom. The van der Waals surface area contributed by atoms with Gasteiger partial charge in [-0.2, -0.15) is 0 Å². The summed E-state index contributed by atoms with van der Waals surface area (Å²) in [6, 6.07) is 5.13. The Kier molecular flexibility index (Phi) is 2.83. The van der Waals surface area contributed by atoms with Crippen LogP contribution in [0.5, 0.6) is 0 Å². The van der Waals surface area contributed by atoms with Crippen molar-refractivity contribution in [2.75, 3.05) is 18.9 Å². The summed E-state index contributed by atoms with van der Waals surface area (Å²) < 4.78 is 5.07. The van der Waals surface area contributed by atoms with Crippen molar-refractivity contribution >= 4 is 23.4 Å².